The van der Waals surface area contributed by atoms with Crippen LogP contribution in [0.2, 0.25) is 0 Å². The van der Waals surface area contributed by atoms with E-state index in [-0.39, 0.29) is 19.0 Å². The summed E-state index contributed by atoms with van der Waals surface area (Å²) in [5.74, 6) is 1.58. The number of para-hydroxylation sites is 1. The molecule has 5 rings (SSSR count). The lowest BCUT2D eigenvalue weighted by Gasteiger charge is -2.31. The fourth-order valence-electron chi connectivity index (χ4n) is 3.67. The Morgan fingerprint density at radius 3 is 2.78 bits per heavy atom. The Hall–Kier alpha value is -2.15. The fraction of sp³-hybridized carbons (Fsp3) is 0.381. The van der Waals surface area contributed by atoms with Gasteiger partial charge in [-0.2, -0.15) is 0 Å². The number of ether oxygens (including phenoxy) is 3. The maximum atomic E-state index is 6.63. The number of fused-ring (bicyclic) bond motifs is 2. The van der Waals surface area contributed by atoms with Gasteiger partial charge in [0.1, 0.15) is 11.1 Å². The lowest BCUT2D eigenvalue weighted by Crippen LogP contribution is -2.35. The lowest BCUT2D eigenvalue weighted by atomic mass is 10.1. The van der Waals surface area contributed by atoms with E-state index in [0.29, 0.717) is 0 Å². The second-order valence-corrected chi connectivity index (χ2v) is 8.21. The number of aromatic nitrogens is 1. The molecule has 1 fully saturated rings. The predicted molar refractivity (Wildman–Crippen MR) is 106 cm³/mol. The summed E-state index contributed by atoms with van der Waals surface area (Å²) in [5.41, 5.74) is 2.09. The van der Waals surface area contributed by atoms with Crippen molar-refractivity contribution in [3.8, 4) is 11.5 Å². The minimum atomic E-state index is -0.190. The summed E-state index contributed by atoms with van der Waals surface area (Å²) in [5, 5.41) is 0.994. The second-order valence-electron chi connectivity index (χ2n) is 7.15. The molecular weight excluding hydrogens is 360 g/mol. The van der Waals surface area contributed by atoms with E-state index in [0.717, 1.165) is 53.5 Å². The van der Waals surface area contributed by atoms with Crippen LogP contribution in [0.3, 0.4) is 0 Å². The molecule has 1 aromatic heterocycles. The van der Waals surface area contributed by atoms with Crippen molar-refractivity contribution in [3.05, 3.63) is 53.0 Å². The molecule has 2 aliphatic heterocycles. The SMILES string of the molecule is CN1CCC(OC(c2ccc3c(c2)OCO3)c2nc3ccccc3s2)CC1. The molecule has 0 bridgehead atoms. The van der Waals surface area contributed by atoms with Crippen molar-refractivity contribution in [1.82, 2.24) is 9.88 Å². The van der Waals surface area contributed by atoms with E-state index in [1.54, 1.807) is 11.3 Å². The molecule has 2 aliphatic rings. The van der Waals surface area contributed by atoms with E-state index < -0.39 is 0 Å². The molecule has 0 aliphatic carbocycles. The van der Waals surface area contributed by atoms with Crippen LogP contribution in [0.5, 0.6) is 11.5 Å². The van der Waals surface area contributed by atoms with E-state index in [9.17, 15) is 0 Å². The first-order chi connectivity index (χ1) is 13.3. The van der Waals surface area contributed by atoms with E-state index in [4.69, 9.17) is 19.2 Å². The molecule has 0 N–H and O–H groups in total. The maximum absolute atomic E-state index is 6.63. The molecule has 1 saturated heterocycles. The molecule has 5 nitrogen and oxygen atoms in total. The smallest absolute Gasteiger partial charge is 0.231 e. The van der Waals surface area contributed by atoms with E-state index in [2.05, 4.69) is 36.2 Å². The van der Waals surface area contributed by atoms with Crippen LogP contribution in [0, 0.1) is 0 Å². The summed E-state index contributed by atoms with van der Waals surface area (Å²) in [4.78, 5) is 7.23. The molecule has 0 amide bonds. The molecule has 0 radical (unpaired) electrons. The number of hydrogen-bond acceptors (Lipinski definition) is 6. The molecule has 27 heavy (non-hydrogen) atoms. The monoisotopic (exact) mass is 382 g/mol. The molecule has 1 atom stereocenters. The number of likely N-dealkylation sites (tertiary alicyclic amines) is 1. The Kier molecular flexibility index (Phi) is 4.47. The number of rotatable bonds is 4. The number of benzene rings is 2. The first-order valence-corrected chi connectivity index (χ1v) is 10.2. The maximum Gasteiger partial charge on any atom is 0.231 e. The van der Waals surface area contributed by atoms with Crippen molar-refractivity contribution in [3.63, 3.8) is 0 Å². The summed E-state index contributed by atoms with van der Waals surface area (Å²) in [7, 11) is 2.17. The zero-order valence-electron chi connectivity index (χ0n) is 15.3. The molecule has 3 aromatic rings. The second kappa shape index (κ2) is 7.11. The van der Waals surface area contributed by atoms with Crippen molar-refractivity contribution in [1.29, 1.82) is 0 Å². The van der Waals surface area contributed by atoms with Crippen LogP contribution in [0.1, 0.15) is 29.5 Å². The molecular formula is C21H22N2O3S. The Morgan fingerprint density at radius 2 is 1.93 bits per heavy atom. The van der Waals surface area contributed by atoms with Gasteiger partial charge in [-0.25, -0.2) is 4.98 Å². The Morgan fingerprint density at radius 1 is 1.11 bits per heavy atom. The van der Waals surface area contributed by atoms with E-state index in [1.807, 2.05) is 18.2 Å². The average Bonchev–Trinajstić information content (AvgIpc) is 3.33. The van der Waals surface area contributed by atoms with Gasteiger partial charge in [-0.15, -0.1) is 11.3 Å². The zero-order valence-corrected chi connectivity index (χ0v) is 16.1. The number of piperidine rings is 1. The van der Waals surface area contributed by atoms with Gasteiger partial charge in [0, 0.05) is 13.1 Å². The highest BCUT2D eigenvalue weighted by Crippen LogP contribution is 2.39. The highest BCUT2D eigenvalue weighted by molar-refractivity contribution is 7.18. The van der Waals surface area contributed by atoms with Crippen LogP contribution in [-0.4, -0.2) is 42.9 Å². The van der Waals surface area contributed by atoms with E-state index in [1.165, 1.54) is 4.70 Å². The largest absolute Gasteiger partial charge is 0.454 e. The average molecular weight is 382 g/mol. The van der Waals surface area contributed by atoms with Crippen LogP contribution in [-0.2, 0) is 4.74 Å². The van der Waals surface area contributed by atoms with Gasteiger partial charge in [-0.05, 0) is 49.7 Å². The summed E-state index contributed by atoms with van der Waals surface area (Å²) in [6.07, 6.45) is 2.14. The molecule has 140 valence electrons. The minimum absolute atomic E-state index is 0.190. The van der Waals surface area contributed by atoms with Gasteiger partial charge in [0.05, 0.1) is 16.3 Å². The molecule has 6 heteroatoms. The molecule has 2 aromatic carbocycles. The third-order valence-corrected chi connectivity index (χ3v) is 6.31. The minimum Gasteiger partial charge on any atom is -0.454 e. The summed E-state index contributed by atoms with van der Waals surface area (Å²) >= 11 is 1.70. The Balaban J connectivity index is 1.50. The van der Waals surface area contributed by atoms with Crippen LogP contribution >= 0.6 is 11.3 Å². The highest BCUT2D eigenvalue weighted by Gasteiger charge is 2.27. The van der Waals surface area contributed by atoms with Gasteiger partial charge >= 0.3 is 0 Å². The summed E-state index contributed by atoms with van der Waals surface area (Å²) in [6, 6.07) is 14.3. The first kappa shape index (κ1) is 17.0. The van der Waals surface area contributed by atoms with Crippen molar-refractivity contribution < 1.29 is 14.2 Å². The highest BCUT2D eigenvalue weighted by atomic mass is 32.1. The number of nitrogens with zero attached hydrogens (tertiary/aromatic N) is 2. The summed E-state index contributed by atoms with van der Waals surface area (Å²) in [6.45, 7) is 2.41. The fourth-order valence-corrected chi connectivity index (χ4v) is 4.70. The molecule has 3 heterocycles. The Bertz CT molecular complexity index is 917. The zero-order chi connectivity index (χ0) is 18.2. The number of hydrogen-bond donors (Lipinski definition) is 0. The molecule has 1 unspecified atom stereocenters. The van der Waals surface area contributed by atoms with Crippen LogP contribution in [0.25, 0.3) is 10.2 Å². The third kappa shape index (κ3) is 3.40. The normalized spacial score (nSPS) is 18.9. The quantitative estimate of drug-likeness (QED) is 0.676. The first-order valence-electron chi connectivity index (χ1n) is 9.35. The van der Waals surface area contributed by atoms with E-state index >= 15 is 0 Å². The summed E-state index contributed by atoms with van der Waals surface area (Å²) < 4.78 is 18.9. The van der Waals surface area contributed by atoms with Gasteiger partial charge in [0.25, 0.3) is 0 Å². The van der Waals surface area contributed by atoms with Crippen molar-refractivity contribution in [2.75, 3.05) is 26.9 Å². The predicted octanol–water partition coefficient (Wildman–Crippen LogP) is 4.23. The van der Waals surface area contributed by atoms with Crippen molar-refractivity contribution in [2.24, 2.45) is 0 Å². The molecule has 0 saturated carbocycles. The molecule has 0 spiro atoms. The van der Waals surface area contributed by atoms with Crippen LogP contribution in [0.4, 0.5) is 0 Å². The van der Waals surface area contributed by atoms with Gasteiger partial charge in [0.2, 0.25) is 6.79 Å². The van der Waals surface area contributed by atoms with Gasteiger partial charge in [-0.1, -0.05) is 18.2 Å². The van der Waals surface area contributed by atoms with Gasteiger partial charge in [0.15, 0.2) is 11.5 Å². The standard InChI is InChI=1S/C21H22N2O3S/c1-23-10-8-15(9-11-23)26-20(14-6-7-17-18(12-14)25-13-24-17)21-22-16-4-2-3-5-19(16)27-21/h2-7,12,15,20H,8-11,13H2,1H3. The Labute approximate surface area is 162 Å². The van der Waals surface area contributed by atoms with Crippen LogP contribution in [0.15, 0.2) is 42.5 Å². The van der Waals surface area contributed by atoms with Crippen LogP contribution < -0.4 is 9.47 Å². The van der Waals surface area contributed by atoms with Gasteiger partial charge < -0.3 is 19.1 Å². The van der Waals surface area contributed by atoms with Gasteiger partial charge in [-0.3, -0.25) is 0 Å². The van der Waals surface area contributed by atoms with Crippen molar-refractivity contribution in [2.45, 2.75) is 25.0 Å². The number of thiazole rings is 1. The third-order valence-electron chi connectivity index (χ3n) is 5.23. The van der Waals surface area contributed by atoms with Crippen molar-refractivity contribution >= 4 is 21.6 Å². The lowest BCUT2D eigenvalue weighted by molar-refractivity contribution is -0.0235. The topological polar surface area (TPSA) is 43.8 Å².